The summed E-state index contributed by atoms with van der Waals surface area (Å²) in [5.41, 5.74) is 0. The van der Waals surface area contributed by atoms with Gasteiger partial charge in [-0.2, -0.15) is 0 Å². The van der Waals surface area contributed by atoms with E-state index >= 15 is 0 Å². The van der Waals surface area contributed by atoms with Gasteiger partial charge in [0.25, 0.3) is 0 Å². The molecule has 0 radical (unpaired) electrons. The Hall–Kier alpha value is -0.900. The molecule has 0 aliphatic heterocycles. The van der Waals surface area contributed by atoms with Crippen LogP contribution in [-0.2, 0) is 0 Å². The fourth-order valence-electron chi connectivity index (χ4n) is 1.31. The summed E-state index contributed by atoms with van der Waals surface area (Å²) in [6, 6.07) is 11.2. The highest BCUT2D eigenvalue weighted by atomic mass is 35.5. The Morgan fingerprint density at radius 2 is 1.94 bits per heavy atom. The Morgan fingerprint density at radius 1 is 1.11 bits per heavy atom. The Balaban J connectivity index is 1.76. The van der Waals surface area contributed by atoms with Gasteiger partial charge in [-0.3, -0.25) is 0 Å². The molecule has 1 aromatic carbocycles. The number of aromatic nitrogens is 1. The molecule has 0 saturated heterocycles. The molecule has 2 aromatic rings. The fourth-order valence-corrected chi connectivity index (χ4v) is 2.28. The van der Waals surface area contributed by atoms with E-state index in [-0.39, 0.29) is 0 Å². The number of benzene rings is 1. The summed E-state index contributed by atoms with van der Waals surface area (Å²) in [5, 5.41) is 2.21. The van der Waals surface area contributed by atoms with Crippen molar-refractivity contribution in [2.75, 3.05) is 12.4 Å². The predicted molar refractivity (Wildman–Crippen MR) is 76.9 cm³/mol. The van der Waals surface area contributed by atoms with Gasteiger partial charge in [-0.25, -0.2) is 4.98 Å². The maximum Gasteiger partial charge on any atom is 0.137 e. The third-order valence-electron chi connectivity index (χ3n) is 2.13. The average Bonchev–Trinajstić information content (AvgIpc) is 2.39. The van der Waals surface area contributed by atoms with Gasteiger partial charge in [0.1, 0.15) is 5.75 Å². The molecular formula is C13H11Cl2NOS. The molecule has 5 heteroatoms. The maximum atomic E-state index is 5.98. The molecule has 2 rings (SSSR count). The van der Waals surface area contributed by atoms with E-state index in [1.54, 1.807) is 18.0 Å². The molecule has 0 aliphatic rings. The largest absolute Gasteiger partial charge is 0.491 e. The lowest BCUT2D eigenvalue weighted by Gasteiger charge is -2.07. The van der Waals surface area contributed by atoms with Crippen LogP contribution < -0.4 is 4.74 Å². The van der Waals surface area contributed by atoms with Gasteiger partial charge in [-0.05, 0) is 24.3 Å². The van der Waals surface area contributed by atoms with Crippen LogP contribution in [0.2, 0.25) is 10.0 Å². The Morgan fingerprint density at radius 3 is 2.67 bits per heavy atom. The molecule has 1 aromatic heterocycles. The Bertz CT molecular complexity index is 505. The van der Waals surface area contributed by atoms with Crippen molar-refractivity contribution in [3.8, 4) is 5.75 Å². The van der Waals surface area contributed by atoms with Crippen molar-refractivity contribution in [2.45, 2.75) is 5.03 Å². The van der Waals surface area contributed by atoms with E-state index in [2.05, 4.69) is 4.98 Å². The standard InChI is InChI=1S/C13H11Cl2NOS/c14-10-5-6-13(16-9-10)18-8-7-17-12-4-2-1-3-11(12)15/h1-6,9H,7-8H2. The highest BCUT2D eigenvalue weighted by molar-refractivity contribution is 7.99. The number of halogens is 2. The Kier molecular flexibility index (Phi) is 5.17. The third kappa shape index (κ3) is 4.09. The van der Waals surface area contributed by atoms with Gasteiger partial charge in [0, 0.05) is 11.9 Å². The number of pyridine rings is 1. The van der Waals surface area contributed by atoms with Gasteiger partial charge in [-0.1, -0.05) is 35.3 Å². The van der Waals surface area contributed by atoms with Crippen LogP contribution in [0.15, 0.2) is 47.6 Å². The second-order valence-corrected chi connectivity index (χ2v) is 5.40. The Labute approximate surface area is 120 Å². The smallest absolute Gasteiger partial charge is 0.137 e. The number of para-hydroxylation sites is 1. The van der Waals surface area contributed by atoms with Crippen LogP contribution in [0.4, 0.5) is 0 Å². The van der Waals surface area contributed by atoms with E-state index in [9.17, 15) is 0 Å². The molecule has 2 nitrogen and oxygen atoms in total. The monoisotopic (exact) mass is 299 g/mol. The first-order valence-electron chi connectivity index (χ1n) is 5.37. The molecule has 0 amide bonds. The number of ether oxygens (including phenoxy) is 1. The van der Waals surface area contributed by atoms with Crippen LogP contribution in [0.1, 0.15) is 0 Å². The zero-order valence-corrected chi connectivity index (χ0v) is 11.8. The summed E-state index contributed by atoms with van der Waals surface area (Å²) in [7, 11) is 0. The quantitative estimate of drug-likeness (QED) is 0.597. The summed E-state index contributed by atoms with van der Waals surface area (Å²) in [6.45, 7) is 0.582. The number of hydrogen-bond donors (Lipinski definition) is 0. The summed E-state index contributed by atoms with van der Waals surface area (Å²) < 4.78 is 5.58. The minimum absolute atomic E-state index is 0.582. The molecule has 0 fully saturated rings. The topological polar surface area (TPSA) is 22.1 Å². The van der Waals surface area contributed by atoms with E-state index < -0.39 is 0 Å². The van der Waals surface area contributed by atoms with Gasteiger partial charge in [0.2, 0.25) is 0 Å². The SMILES string of the molecule is Clc1ccc(SCCOc2ccccc2Cl)nc1. The molecule has 0 spiro atoms. The van der Waals surface area contributed by atoms with E-state index in [0.717, 1.165) is 10.8 Å². The summed E-state index contributed by atoms with van der Waals surface area (Å²) >= 11 is 13.4. The van der Waals surface area contributed by atoms with Crippen LogP contribution in [0, 0.1) is 0 Å². The number of rotatable bonds is 5. The number of nitrogens with zero attached hydrogens (tertiary/aromatic N) is 1. The van der Waals surface area contributed by atoms with Crippen LogP contribution in [0.5, 0.6) is 5.75 Å². The van der Waals surface area contributed by atoms with E-state index in [1.807, 2.05) is 36.4 Å². The van der Waals surface area contributed by atoms with E-state index in [1.165, 1.54) is 0 Å². The molecule has 0 bridgehead atoms. The van der Waals surface area contributed by atoms with Crippen molar-refractivity contribution >= 4 is 35.0 Å². The summed E-state index contributed by atoms with van der Waals surface area (Å²) in [5.74, 6) is 1.52. The second kappa shape index (κ2) is 6.88. The van der Waals surface area contributed by atoms with Crippen LogP contribution in [-0.4, -0.2) is 17.3 Å². The molecule has 0 atom stereocenters. The van der Waals surface area contributed by atoms with Crippen molar-refractivity contribution in [1.29, 1.82) is 0 Å². The predicted octanol–water partition coefficient (Wildman–Crippen LogP) is 4.56. The third-order valence-corrected chi connectivity index (χ3v) is 3.57. The van der Waals surface area contributed by atoms with Crippen molar-refractivity contribution in [2.24, 2.45) is 0 Å². The van der Waals surface area contributed by atoms with Crippen molar-refractivity contribution in [3.05, 3.63) is 52.6 Å². The lowest BCUT2D eigenvalue weighted by molar-refractivity contribution is 0.344. The second-order valence-electron chi connectivity index (χ2n) is 3.44. The molecule has 0 saturated carbocycles. The van der Waals surface area contributed by atoms with Crippen LogP contribution in [0.3, 0.4) is 0 Å². The van der Waals surface area contributed by atoms with Crippen LogP contribution in [0.25, 0.3) is 0 Å². The fraction of sp³-hybridized carbons (Fsp3) is 0.154. The molecule has 0 aliphatic carbocycles. The first-order chi connectivity index (χ1) is 8.75. The first-order valence-corrected chi connectivity index (χ1v) is 7.11. The summed E-state index contributed by atoms with van der Waals surface area (Å²) in [4.78, 5) is 4.19. The van der Waals surface area contributed by atoms with Gasteiger partial charge >= 0.3 is 0 Å². The van der Waals surface area contributed by atoms with E-state index in [4.69, 9.17) is 27.9 Å². The van der Waals surface area contributed by atoms with Gasteiger partial charge < -0.3 is 4.74 Å². The highest BCUT2D eigenvalue weighted by Gasteiger charge is 2.00. The van der Waals surface area contributed by atoms with Gasteiger partial charge in [0.15, 0.2) is 0 Å². The van der Waals surface area contributed by atoms with Gasteiger partial charge in [0.05, 0.1) is 21.7 Å². The van der Waals surface area contributed by atoms with E-state index in [0.29, 0.717) is 22.4 Å². The van der Waals surface area contributed by atoms with Crippen molar-refractivity contribution in [1.82, 2.24) is 4.98 Å². The maximum absolute atomic E-state index is 5.98. The molecule has 0 unspecified atom stereocenters. The lowest BCUT2D eigenvalue weighted by Crippen LogP contribution is -2.00. The summed E-state index contributed by atoms with van der Waals surface area (Å²) in [6.07, 6.45) is 1.64. The molecule has 1 heterocycles. The highest BCUT2D eigenvalue weighted by Crippen LogP contribution is 2.23. The minimum atomic E-state index is 0.582. The molecular weight excluding hydrogens is 289 g/mol. The van der Waals surface area contributed by atoms with Crippen LogP contribution >= 0.6 is 35.0 Å². The molecule has 0 N–H and O–H groups in total. The van der Waals surface area contributed by atoms with Gasteiger partial charge in [-0.15, -0.1) is 11.8 Å². The lowest BCUT2D eigenvalue weighted by atomic mass is 10.3. The average molecular weight is 300 g/mol. The zero-order chi connectivity index (χ0) is 12.8. The minimum Gasteiger partial charge on any atom is -0.491 e. The molecule has 94 valence electrons. The molecule has 18 heavy (non-hydrogen) atoms. The first kappa shape index (κ1) is 13.5. The zero-order valence-electron chi connectivity index (χ0n) is 9.48. The number of hydrogen-bond acceptors (Lipinski definition) is 3. The normalized spacial score (nSPS) is 10.3. The number of thioether (sulfide) groups is 1. The van der Waals surface area contributed by atoms with Crippen molar-refractivity contribution < 1.29 is 4.74 Å². The van der Waals surface area contributed by atoms with Crippen molar-refractivity contribution in [3.63, 3.8) is 0 Å².